The summed E-state index contributed by atoms with van der Waals surface area (Å²) < 4.78 is 0. The molecule has 0 aromatic carbocycles. The number of hydrogen-bond donors (Lipinski definition) is 3. The van der Waals surface area contributed by atoms with Crippen molar-refractivity contribution >= 4 is 12.0 Å². The number of nitrogens with one attached hydrogen (secondary N) is 1. The number of rotatable bonds is 4. The fraction of sp³-hybridized carbons (Fsp3) is 0.846. The quantitative estimate of drug-likeness (QED) is 0.667. The summed E-state index contributed by atoms with van der Waals surface area (Å²) in [5, 5.41) is 21.1. The number of aliphatic carboxylic acids is 1. The molecule has 0 aromatic rings. The molecule has 19 heavy (non-hydrogen) atoms. The summed E-state index contributed by atoms with van der Waals surface area (Å²) in [6, 6.07) is -0.922. The van der Waals surface area contributed by atoms with Gasteiger partial charge >= 0.3 is 12.0 Å². The maximum Gasteiger partial charge on any atom is 0.317 e. The van der Waals surface area contributed by atoms with Crippen LogP contribution in [0.4, 0.5) is 4.79 Å². The van der Waals surface area contributed by atoms with Crippen LogP contribution in [-0.2, 0) is 4.79 Å². The van der Waals surface area contributed by atoms with Crippen molar-refractivity contribution in [3.05, 3.63) is 0 Å². The molecule has 3 N–H and O–H groups in total. The SMILES string of the molecule is CC(CO)N(C)C(=O)NC1CCCCCC1C(=O)O. The van der Waals surface area contributed by atoms with Gasteiger partial charge in [-0.15, -0.1) is 0 Å². The van der Waals surface area contributed by atoms with Gasteiger partial charge in [-0.3, -0.25) is 4.79 Å². The molecule has 6 heteroatoms. The number of carboxylic acids is 1. The summed E-state index contributed by atoms with van der Waals surface area (Å²) in [4.78, 5) is 24.7. The van der Waals surface area contributed by atoms with Gasteiger partial charge in [-0.05, 0) is 19.8 Å². The maximum atomic E-state index is 12.0. The van der Waals surface area contributed by atoms with E-state index in [0.717, 1.165) is 19.3 Å². The molecule has 0 aromatic heterocycles. The largest absolute Gasteiger partial charge is 0.481 e. The Morgan fingerprint density at radius 3 is 2.53 bits per heavy atom. The first-order valence-electron chi connectivity index (χ1n) is 6.84. The lowest BCUT2D eigenvalue weighted by atomic mass is 9.95. The molecule has 0 spiro atoms. The molecule has 3 atom stereocenters. The highest BCUT2D eigenvalue weighted by molar-refractivity contribution is 5.77. The van der Waals surface area contributed by atoms with Crippen molar-refractivity contribution in [1.82, 2.24) is 10.2 Å². The lowest BCUT2D eigenvalue weighted by molar-refractivity contribution is -0.142. The van der Waals surface area contributed by atoms with Crippen LogP contribution in [0.15, 0.2) is 0 Å². The van der Waals surface area contributed by atoms with Gasteiger partial charge in [0, 0.05) is 13.1 Å². The number of likely N-dealkylation sites (N-methyl/N-ethyl adjacent to an activating group) is 1. The van der Waals surface area contributed by atoms with Crippen molar-refractivity contribution in [1.29, 1.82) is 0 Å². The van der Waals surface area contributed by atoms with Crippen molar-refractivity contribution in [3.63, 3.8) is 0 Å². The standard InChI is InChI=1S/C13H24N2O4/c1-9(8-16)15(2)13(19)14-11-7-5-3-4-6-10(11)12(17)18/h9-11,16H,3-8H2,1-2H3,(H,14,19)(H,17,18). The van der Waals surface area contributed by atoms with Gasteiger partial charge in [0.05, 0.1) is 18.6 Å². The van der Waals surface area contributed by atoms with E-state index in [1.165, 1.54) is 4.90 Å². The van der Waals surface area contributed by atoms with E-state index < -0.39 is 11.9 Å². The van der Waals surface area contributed by atoms with Gasteiger partial charge in [0.1, 0.15) is 0 Å². The number of nitrogens with zero attached hydrogens (tertiary/aromatic N) is 1. The third-order valence-electron chi connectivity index (χ3n) is 3.89. The van der Waals surface area contributed by atoms with E-state index in [2.05, 4.69) is 5.32 Å². The van der Waals surface area contributed by atoms with Crippen LogP contribution in [0.2, 0.25) is 0 Å². The van der Waals surface area contributed by atoms with Gasteiger partial charge in [0.2, 0.25) is 0 Å². The highest BCUT2D eigenvalue weighted by Gasteiger charge is 2.31. The van der Waals surface area contributed by atoms with Gasteiger partial charge in [-0.2, -0.15) is 0 Å². The first-order chi connectivity index (χ1) is 8.97. The second-order valence-electron chi connectivity index (χ2n) is 5.28. The number of hydrogen-bond acceptors (Lipinski definition) is 3. The molecule has 1 rings (SSSR count). The van der Waals surface area contributed by atoms with Crippen LogP contribution >= 0.6 is 0 Å². The number of urea groups is 1. The summed E-state index contributed by atoms with van der Waals surface area (Å²) in [6.07, 6.45) is 4.16. The van der Waals surface area contributed by atoms with E-state index in [1.807, 2.05) is 0 Å². The number of carbonyl (C=O) groups is 2. The molecular formula is C13H24N2O4. The Balaban J connectivity index is 2.65. The summed E-state index contributed by atoms with van der Waals surface area (Å²) in [5.74, 6) is -1.35. The molecule has 1 aliphatic rings. The van der Waals surface area contributed by atoms with Crippen molar-refractivity contribution in [2.75, 3.05) is 13.7 Å². The molecule has 110 valence electrons. The molecule has 1 saturated carbocycles. The average molecular weight is 272 g/mol. The third kappa shape index (κ3) is 4.38. The highest BCUT2D eigenvalue weighted by atomic mass is 16.4. The first-order valence-corrected chi connectivity index (χ1v) is 6.84. The summed E-state index contributed by atoms with van der Waals surface area (Å²) in [7, 11) is 1.60. The summed E-state index contributed by atoms with van der Waals surface area (Å²) in [5.41, 5.74) is 0. The molecule has 0 saturated heterocycles. The molecule has 6 nitrogen and oxygen atoms in total. The van der Waals surface area contributed by atoms with E-state index >= 15 is 0 Å². The molecule has 0 bridgehead atoms. The van der Waals surface area contributed by atoms with Crippen LogP contribution in [0.5, 0.6) is 0 Å². The zero-order valence-corrected chi connectivity index (χ0v) is 11.6. The van der Waals surface area contributed by atoms with E-state index in [0.29, 0.717) is 12.8 Å². The minimum Gasteiger partial charge on any atom is -0.481 e. The normalized spacial score (nSPS) is 25.2. The number of aliphatic hydroxyl groups is 1. The Bertz CT molecular complexity index is 322. The van der Waals surface area contributed by atoms with Crippen molar-refractivity contribution < 1.29 is 19.8 Å². The Morgan fingerprint density at radius 1 is 1.32 bits per heavy atom. The minimum atomic E-state index is -0.843. The van der Waals surface area contributed by atoms with Crippen LogP contribution in [0.3, 0.4) is 0 Å². The van der Waals surface area contributed by atoms with E-state index in [-0.39, 0.29) is 24.7 Å². The lowest BCUT2D eigenvalue weighted by Gasteiger charge is -2.28. The molecule has 1 fully saturated rings. The van der Waals surface area contributed by atoms with Gasteiger partial charge in [-0.1, -0.05) is 19.3 Å². The Morgan fingerprint density at radius 2 is 1.95 bits per heavy atom. The van der Waals surface area contributed by atoms with Crippen molar-refractivity contribution in [2.45, 2.75) is 51.1 Å². The molecule has 2 amide bonds. The monoisotopic (exact) mass is 272 g/mol. The average Bonchev–Trinajstić information content (AvgIpc) is 2.62. The first kappa shape index (κ1) is 15.8. The molecule has 0 heterocycles. The maximum absolute atomic E-state index is 12.0. The molecule has 3 unspecified atom stereocenters. The third-order valence-corrected chi connectivity index (χ3v) is 3.89. The van der Waals surface area contributed by atoms with E-state index in [4.69, 9.17) is 5.11 Å². The minimum absolute atomic E-state index is 0.114. The van der Waals surface area contributed by atoms with Gasteiger partial charge in [-0.25, -0.2) is 4.79 Å². The Kier molecular flexibility index (Phi) is 6.08. The highest BCUT2D eigenvalue weighted by Crippen LogP contribution is 2.24. The molecule has 0 aliphatic heterocycles. The molecular weight excluding hydrogens is 248 g/mol. The topological polar surface area (TPSA) is 89.9 Å². The van der Waals surface area contributed by atoms with E-state index in [1.54, 1.807) is 14.0 Å². The van der Waals surface area contributed by atoms with Crippen LogP contribution in [-0.4, -0.2) is 52.9 Å². The fourth-order valence-corrected chi connectivity index (χ4v) is 2.36. The number of carboxylic acid groups (broad SMARTS) is 1. The predicted molar refractivity (Wildman–Crippen MR) is 70.8 cm³/mol. The summed E-state index contributed by atoms with van der Waals surface area (Å²) in [6.45, 7) is 1.62. The zero-order valence-electron chi connectivity index (χ0n) is 11.6. The van der Waals surface area contributed by atoms with Gasteiger partial charge in [0.25, 0.3) is 0 Å². The zero-order chi connectivity index (χ0) is 14.4. The van der Waals surface area contributed by atoms with Crippen molar-refractivity contribution in [3.8, 4) is 0 Å². The van der Waals surface area contributed by atoms with Gasteiger partial charge < -0.3 is 20.4 Å². The number of amides is 2. The Labute approximate surface area is 113 Å². The fourth-order valence-electron chi connectivity index (χ4n) is 2.36. The lowest BCUT2D eigenvalue weighted by Crippen LogP contribution is -2.50. The summed E-state index contributed by atoms with van der Waals surface area (Å²) >= 11 is 0. The van der Waals surface area contributed by atoms with Crippen LogP contribution in [0, 0.1) is 5.92 Å². The second kappa shape index (κ2) is 7.33. The molecule has 0 radical (unpaired) electrons. The second-order valence-corrected chi connectivity index (χ2v) is 5.28. The Hall–Kier alpha value is -1.30. The van der Waals surface area contributed by atoms with Crippen LogP contribution in [0.1, 0.15) is 39.0 Å². The van der Waals surface area contributed by atoms with Crippen LogP contribution in [0.25, 0.3) is 0 Å². The van der Waals surface area contributed by atoms with Gasteiger partial charge in [0.15, 0.2) is 0 Å². The predicted octanol–water partition coefficient (Wildman–Crippen LogP) is 1.04. The number of carbonyl (C=O) groups excluding carboxylic acids is 1. The number of aliphatic hydroxyl groups excluding tert-OH is 1. The van der Waals surface area contributed by atoms with Crippen molar-refractivity contribution in [2.24, 2.45) is 5.92 Å². The van der Waals surface area contributed by atoms with E-state index in [9.17, 15) is 14.7 Å². The smallest absolute Gasteiger partial charge is 0.317 e. The molecule has 1 aliphatic carbocycles. The van der Waals surface area contributed by atoms with Crippen LogP contribution < -0.4 is 5.32 Å².